The molecule has 1 fully saturated rings. The Morgan fingerprint density at radius 2 is 2.15 bits per heavy atom. The van der Waals surface area contributed by atoms with Crippen LogP contribution in [0.25, 0.3) is 0 Å². The summed E-state index contributed by atoms with van der Waals surface area (Å²) in [5.74, 6) is -0.307. The van der Waals surface area contributed by atoms with Crippen LogP contribution in [0.15, 0.2) is 12.2 Å². The lowest BCUT2D eigenvalue weighted by Gasteiger charge is -2.21. The van der Waals surface area contributed by atoms with Gasteiger partial charge in [0.2, 0.25) is 0 Å². The summed E-state index contributed by atoms with van der Waals surface area (Å²) < 4.78 is 21.1. The molecular weight excluding hydrogens is 260 g/mol. The SMILES string of the molecule is CCCCOC(=O)COC/C=C/COC1CCCCO1. The molecule has 20 heavy (non-hydrogen) atoms. The van der Waals surface area contributed by atoms with E-state index in [0.717, 1.165) is 38.7 Å². The van der Waals surface area contributed by atoms with E-state index in [2.05, 4.69) is 6.92 Å². The van der Waals surface area contributed by atoms with E-state index in [4.69, 9.17) is 18.9 Å². The van der Waals surface area contributed by atoms with E-state index < -0.39 is 0 Å². The third-order valence-electron chi connectivity index (χ3n) is 2.88. The van der Waals surface area contributed by atoms with E-state index in [1.165, 1.54) is 0 Å². The maximum Gasteiger partial charge on any atom is 0.332 e. The quantitative estimate of drug-likeness (QED) is 0.351. The molecule has 1 aliphatic rings. The molecular formula is C15H26O5. The van der Waals surface area contributed by atoms with Crippen LogP contribution in [-0.4, -0.2) is 45.3 Å². The van der Waals surface area contributed by atoms with Gasteiger partial charge in [0.25, 0.3) is 0 Å². The first-order valence-corrected chi connectivity index (χ1v) is 7.44. The van der Waals surface area contributed by atoms with Crippen LogP contribution < -0.4 is 0 Å². The number of unbranched alkanes of at least 4 members (excludes halogenated alkanes) is 1. The zero-order valence-corrected chi connectivity index (χ0v) is 12.3. The van der Waals surface area contributed by atoms with Gasteiger partial charge in [0.05, 0.1) is 19.8 Å². The van der Waals surface area contributed by atoms with Crippen molar-refractivity contribution in [2.24, 2.45) is 0 Å². The highest BCUT2D eigenvalue weighted by Crippen LogP contribution is 2.13. The maximum absolute atomic E-state index is 11.2. The molecule has 0 aromatic heterocycles. The molecule has 0 spiro atoms. The van der Waals surface area contributed by atoms with Gasteiger partial charge in [0.1, 0.15) is 6.61 Å². The second-order valence-corrected chi connectivity index (χ2v) is 4.69. The van der Waals surface area contributed by atoms with E-state index in [9.17, 15) is 4.79 Å². The van der Waals surface area contributed by atoms with Crippen molar-refractivity contribution in [3.8, 4) is 0 Å². The lowest BCUT2D eigenvalue weighted by Crippen LogP contribution is -2.22. The molecule has 0 aromatic carbocycles. The molecule has 0 aliphatic carbocycles. The molecule has 5 heteroatoms. The van der Waals surface area contributed by atoms with Crippen LogP contribution in [-0.2, 0) is 23.7 Å². The fraction of sp³-hybridized carbons (Fsp3) is 0.800. The van der Waals surface area contributed by atoms with Gasteiger partial charge in [-0.2, -0.15) is 0 Å². The predicted molar refractivity (Wildman–Crippen MR) is 75.4 cm³/mol. The molecule has 0 aromatic rings. The average Bonchev–Trinajstić information content (AvgIpc) is 2.47. The second kappa shape index (κ2) is 11.9. The molecule has 5 nitrogen and oxygen atoms in total. The van der Waals surface area contributed by atoms with E-state index in [-0.39, 0.29) is 18.9 Å². The van der Waals surface area contributed by atoms with Crippen molar-refractivity contribution in [1.29, 1.82) is 0 Å². The highest BCUT2D eigenvalue weighted by molar-refractivity contribution is 5.70. The van der Waals surface area contributed by atoms with Crippen LogP contribution in [0.1, 0.15) is 39.0 Å². The summed E-state index contributed by atoms with van der Waals surface area (Å²) in [7, 11) is 0. The van der Waals surface area contributed by atoms with Crippen LogP contribution in [0.4, 0.5) is 0 Å². The lowest BCUT2D eigenvalue weighted by atomic mass is 10.2. The summed E-state index contributed by atoms with van der Waals surface area (Å²) >= 11 is 0. The Hall–Kier alpha value is -0.910. The van der Waals surface area contributed by atoms with Gasteiger partial charge < -0.3 is 18.9 Å². The molecule has 1 aliphatic heterocycles. The number of hydrogen-bond acceptors (Lipinski definition) is 5. The van der Waals surface area contributed by atoms with Gasteiger partial charge in [-0.25, -0.2) is 4.79 Å². The molecule has 0 radical (unpaired) electrons. The molecule has 0 bridgehead atoms. The van der Waals surface area contributed by atoms with Gasteiger partial charge in [-0.15, -0.1) is 0 Å². The van der Waals surface area contributed by atoms with Crippen molar-refractivity contribution in [2.45, 2.75) is 45.3 Å². The molecule has 1 saturated heterocycles. The highest BCUT2D eigenvalue weighted by Gasteiger charge is 2.12. The van der Waals surface area contributed by atoms with Gasteiger partial charge in [0, 0.05) is 6.61 Å². The smallest absolute Gasteiger partial charge is 0.332 e. The molecule has 0 N–H and O–H groups in total. The van der Waals surface area contributed by atoms with Crippen molar-refractivity contribution >= 4 is 5.97 Å². The third-order valence-corrected chi connectivity index (χ3v) is 2.88. The number of ether oxygens (including phenoxy) is 4. The molecule has 0 amide bonds. The van der Waals surface area contributed by atoms with Gasteiger partial charge in [-0.05, 0) is 25.7 Å². The van der Waals surface area contributed by atoms with Gasteiger partial charge in [0.15, 0.2) is 6.29 Å². The minimum absolute atomic E-state index is 0.000642. The topological polar surface area (TPSA) is 54.0 Å². The zero-order valence-electron chi connectivity index (χ0n) is 12.3. The summed E-state index contributed by atoms with van der Waals surface area (Å²) in [5, 5.41) is 0. The van der Waals surface area contributed by atoms with Gasteiger partial charge in [-0.1, -0.05) is 25.5 Å². The standard InChI is InChI=1S/C15H26O5/c1-2-3-10-18-14(16)13-17-9-6-7-12-20-15-8-4-5-11-19-15/h6-7,15H,2-5,8-13H2,1H3/b7-6+. The van der Waals surface area contributed by atoms with Crippen LogP contribution in [0.3, 0.4) is 0 Å². The summed E-state index contributed by atoms with van der Waals surface area (Å²) in [4.78, 5) is 11.2. The first-order valence-electron chi connectivity index (χ1n) is 7.44. The summed E-state index contributed by atoms with van der Waals surface area (Å²) in [5.41, 5.74) is 0. The molecule has 0 saturated carbocycles. The van der Waals surface area contributed by atoms with E-state index >= 15 is 0 Å². The summed E-state index contributed by atoms with van der Waals surface area (Å²) in [6.07, 6.45) is 8.81. The first-order chi connectivity index (χ1) is 9.83. The Labute approximate surface area is 121 Å². The van der Waals surface area contributed by atoms with E-state index in [1.807, 2.05) is 12.2 Å². The molecule has 1 heterocycles. The Morgan fingerprint density at radius 3 is 2.90 bits per heavy atom. The Balaban J connectivity index is 1.89. The molecule has 1 unspecified atom stereocenters. The van der Waals surface area contributed by atoms with Crippen LogP contribution in [0, 0.1) is 0 Å². The fourth-order valence-corrected chi connectivity index (χ4v) is 1.72. The van der Waals surface area contributed by atoms with Gasteiger partial charge in [-0.3, -0.25) is 0 Å². The Bertz CT molecular complexity index is 271. The van der Waals surface area contributed by atoms with Gasteiger partial charge >= 0.3 is 5.97 Å². The minimum atomic E-state index is -0.307. The average molecular weight is 286 g/mol. The second-order valence-electron chi connectivity index (χ2n) is 4.69. The monoisotopic (exact) mass is 286 g/mol. The largest absolute Gasteiger partial charge is 0.464 e. The van der Waals surface area contributed by atoms with Crippen molar-refractivity contribution in [3.05, 3.63) is 12.2 Å². The van der Waals surface area contributed by atoms with Crippen molar-refractivity contribution < 1.29 is 23.7 Å². The van der Waals surface area contributed by atoms with Crippen molar-refractivity contribution in [3.63, 3.8) is 0 Å². The van der Waals surface area contributed by atoms with E-state index in [1.54, 1.807) is 0 Å². The minimum Gasteiger partial charge on any atom is -0.464 e. The van der Waals surface area contributed by atoms with Crippen molar-refractivity contribution in [1.82, 2.24) is 0 Å². The lowest BCUT2D eigenvalue weighted by molar-refractivity contribution is -0.155. The predicted octanol–water partition coefficient (Wildman–Crippen LogP) is 2.45. The normalized spacial score (nSPS) is 19.4. The summed E-state index contributed by atoms with van der Waals surface area (Å²) in [6, 6.07) is 0. The number of carbonyl (C=O) groups is 1. The zero-order chi connectivity index (χ0) is 14.5. The van der Waals surface area contributed by atoms with Crippen LogP contribution in [0.2, 0.25) is 0 Å². The van der Waals surface area contributed by atoms with Crippen LogP contribution in [0.5, 0.6) is 0 Å². The number of carbonyl (C=O) groups excluding carboxylic acids is 1. The summed E-state index contributed by atoms with van der Waals surface area (Å²) in [6.45, 7) is 4.21. The number of hydrogen-bond donors (Lipinski definition) is 0. The van der Waals surface area contributed by atoms with Crippen LogP contribution >= 0.6 is 0 Å². The fourth-order valence-electron chi connectivity index (χ4n) is 1.72. The van der Waals surface area contributed by atoms with E-state index in [0.29, 0.717) is 19.8 Å². The molecule has 116 valence electrons. The highest BCUT2D eigenvalue weighted by atomic mass is 16.7. The third kappa shape index (κ3) is 9.07. The Kier molecular flexibility index (Phi) is 10.2. The van der Waals surface area contributed by atoms with Crippen molar-refractivity contribution in [2.75, 3.05) is 33.0 Å². The number of esters is 1. The Morgan fingerprint density at radius 1 is 1.30 bits per heavy atom. The number of rotatable bonds is 10. The molecule has 1 atom stereocenters. The first kappa shape index (κ1) is 17.1. The maximum atomic E-state index is 11.2. The molecule has 1 rings (SSSR count).